The number of carboxylic acid groups (broad SMARTS) is 2. The lowest BCUT2D eigenvalue weighted by Gasteiger charge is -2.03. The number of halogens is 3. The van der Waals surface area contributed by atoms with E-state index in [1.54, 1.807) is 18.2 Å². The van der Waals surface area contributed by atoms with Crippen LogP contribution in [0, 0.1) is 10.1 Å². The number of non-ortho nitro benzene ring substituents is 1. The van der Waals surface area contributed by atoms with Crippen LogP contribution in [0.4, 0.5) is 18.9 Å². The zero-order chi connectivity index (χ0) is 23.6. The van der Waals surface area contributed by atoms with Crippen LogP contribution in [0.2, 0.25) is 0 Å². The van der Waals surface area contributed by atoms with Crippen molar-refractivity contribution in [2.45, 2.75) is 12.6 Å². The number of hydrogen-bond donors (Lipinski definition) is 4. The highest BCUT2D eigenvalue weighted by molar-refractivity contribution is 8.76. The second-order valence-electron chi connectivity index (χ2n) is 5.53. The van der Waals surface area contributed by atoms with E-state index in [1.807, 2.05) is 0 Å². The molecule has 0 saturated heterocycles. The summed E-state index contributed by atoms with van der Waals surface area (Å²) in [7, 11) is 2.92. The fourth-order valence-corrected chi connectivity index (χ4v) is 3.85. The molecule has 1 amide bonds. The van der Waals surface area contributed by atoms with Gasteiger partial charge in [0.25, 0.3) is 11.6 Å². The number of carbonyl (C=O) groups is 3. The number of carboxylic acids is 2. The normalized spacial score (nSPS) is 10.8. The van der Waals surface area contributed by atoms with Gasteiger partial charge in [-0.2, -0.15) is 13.2 Å². The van der Waals surface area contributed by atoms with E-state index < -0.39 is 23.0 Å². The quantitative estimate of drug-likeness (QED) is 0.181. The zero-order valence-corrected chi connectivity index (χ0v) is 17.1. The molecule has 2 aromatic rings. The summed E-state index contributed by atoms with van der Waals surface area (Å²) in [6, 6.07) is 6.23. The number of carbonyl (C=O) groups excluding carboxylic acids is 1. The van der Waals surface area contributed by atoms with Gasteiger partial charge < -0.3 is 20.5 Å². The van der Waals surface area contributed by atoms with Crippen LogP contribution in [-0.4, -0.2) is 62.2 Å². The molecule has 0 radical (unpaired) electrons. The fourth-order valence-electron chi connectivity index (χ4n) is 1.96. The highest BCUT2D eigenvalue weighted by Crippen LogP contribution is 2.25. The van der Waals surface area contributed by atoms with Crippen molar-refractivity contribution >= 4 is 56.0 Å². The van der Waals surface area contributed by atoms with Crippen molar-refractivity contribution in [1.29, 1.82) is 0 Å². The van der Waals surface area contributed by atoms with E-state index in [0.29, 0.717) is 29.0 Å². The molecule has 0 saturated carbocycles. The second kappa shape index (κ2) is 12.0. The minimum absolute atomic E-state index is 0.0723. The number of H-pyrrole nitrogens is 1. The van der Waals surface area contributed by atoms with Crippen LogP contribution in [0.1, 0.15) is 16.9 Å². The minimum atomic E-state index is -5.08. The molecule has 0 fully saturated rings. The number of amides is 1. The molecule has 0 aliphatic heterocycles. The van der Waals surface area contributed by atoms with Gasteiger partial charge in [0.2, 0.25) is 0 Å². The Morgan fingerprint density at radius 2 is 1.77 bits per heavy atom. The minimum Gasteiger partial charge on any atom is -0.481 e. The first-order valence-corrected chi connectivity index (χ1v) is 10.7. The van der Waals surface area contributed by atoms with Crippen LogP contribution in [0.25, 0.3) is 10.9 Å². The Bertz CT molecular complexity index is 950. The Morgan fingerprint density at radius 3 is 2.32 bits per heavy atom. The number of aromatic amines is 1. The van der Waals surface area contributed by atoms with Crippen molar-refractivity contribution in [2.75, 3.05) is 18.1 Å². The maximum Gasteiger partial charge on any atom is 0.490 e. The number of alkyl halides is 3. The van der Waals surface area contributed by atoms with Gasteiger partial charge in [0.05, 0.1) is 11.3 Å². The summed E-state index contributed by atoms with van der Waals surface area (Å²) in [6.45, 7) is 0.418. The average Bonchev–Trinajstić information content (AvgIpc) is 3.10. The number of aliphatic carboxylic acids is 2. The van der Waals surface area contributed by atoms with Gasteiger partial charge in [0, 0.05) is 29.5 Å². The number of nitro groups is 1. The molecule has 0 atom stereocenters. The van der Waals surface area contributed by atoms with E-state index in [0.717, 1.165) is 0 Å². The number of hydrogen-bond acceptors (Lipinski definition) is 7. The first-order valence-electron chi connectivity index (χ1n) is 8.24. The van der Waals surface area contributed by atoms with Gasteiger partial charge in [0.15, 0.2) is 0 Å². The van der Waals surface area contributed by atoms with Gasteiger partial charge in [-0.15, -0.1) is 0 Å². The van der Waals surface area contributed by atoms with Crippen molar-refractivity contribution in [1.82, 2.24) is 10.3 Å². The van der Waals surface area contributed by atoms with Gasteiger partial charge in [0.1, 0.15) is 11.2 Å². The Labute approximate surface area is 180 Å². The van der Waals surface area contributed by atoms with Gasteiger partial charge in [-0.1, -0.05) is 33.7 Å². The van der Waals surface area contributed by atoms with Gasteiger partial charge in [-0.05, 0) is 6.07 Å². The monoisotopic (exact) mass is 483 g/mol. The third-order valence-electron chi connectivity index (χ3n) is 3.27. The number of nitrogens with zero attached hydrogens (tertiary/aromatic N) is 1. The van der Waals surface area contributed by atoms with Crippen molar-refractivity contribution in [2.24, 2.45) is 0 Å². The lowest BCUT2D eigenvalue weighted by molar-refractivity contribution is -0.383. The number of rotatable bonds is 9. The topological polar surface area (TPSA) is 163 Å². The van der Waals surface area contributed by atoms with E-state index in [-0.39, 0.29) is 23.7 Å². The standard InChI is InChI=1S/C14H15N3O5S2.C2HF3O2/c18-12(19)4-6-23-24-7-5-15-14(20)10-8-9-2-1-3-11(17(21)22)13(9)16-10;3-2(4,5)1(6)7/h1-3,8,16H,4-7H2,(H,15,20)(H,18,19);(H,6,7). The second-order valence-corrected chi connectivity index (χ2v) is 8.23. The van der Waals surface area contributed by atoms with E-state index in [4.69, 9.17) is 15.0 Å². The van der Waals surface area contributed by atoms with Crippen LogP contribution in [0.5, 0.6) is 0 Å². The molecule has 0 bridgehead atoms. The van der Waals surface area contributed by atoms with E-state index >= 15 is 0 Å². The van der Waals surface area contributed by atoms with Crippen LogP contribution in [0.3, 0.4) is 0 Å². The molecular weight excluding hydrogens is 467 g/mol. The lowest BCUT2D eigenvalue weighted by atomic mass is 10.2. The Balaban J connectivity index is 0.000000592. The molecule has 10 nitrogen and oxygen atoms in total. The maximum atomic E-state index is 12.1. The number of benzene rings is 1. The molecule has 1 aromatic carbocycles. The highest BCUT2D eigenvalue weighted by atomic mass is 33.1. The summed E-state index contributed by atoms with van der Waals surface area (Å²) in [4.78, 5) is 44.6. The molecule has 0 unspecified atom stereocenters. The summed E-state index contributed by atoms with van der Waals surface area (Å²) in [5.41, 5.74) is 0.519. The van der Waals surface area contributed by atoms with Crippen LogP contribution >= 0.6 is 21.6 Å². The predicted octanol–water partition coefficient (Wildman–Crippen LogP) is 3.30. The average molecular weight is 483 g/mol. The molecule has 0 aliphatic rings. The van der Waals surface area contributed by atoms with E-state index in [9.17, 15) is 32.9 Å². The van der Waals surface area contributed by atoms with Crippen LogP contribution in [-0.2, 0) is 9.59 Å². The number of fused-ring (bicyclic) bond motifs is 1. The van der Waals surface area contributed by atoms with Crippen molar-refractivity contribution in [3.63, 3.8) is 0 Å². The third-order valence-corrected chi connectivity index (χ3v) is 5.68. The largest absolute Gasteiger partial charge is 0.490 e. The SMILES string of the molecule is O=C(O)C(F)(F)F.O=C(O)CCSSCCNC(=O)c1cc2cccc([N+](=O)[O-])c2[nH]1. The maximum absolute atomic E-state index is 12.1. The van der Waals surface area contributed by atoms with Gasteiger partial charge in [-0.25, -0.2) is 4.79 Å². The molecular formula is C16H16F3N3O7S2. The summed E-state index contributed by atoms with van der Waals surface area (Å²) in [6.07, 6.45) is -4.97. The van der Waals surface area contributed by atoms with Crippen LogP contribution < -0.4 is 5.32 Å². The first-order chi connectivity index (χ1) is 14.4. The summed E-state index contributed by atoms with van der Waals surface area (Å²) in [5, 5.41) is 29.9. The number of para-hydroxylation sites is 1. The van der Waals surface area contributed by atoms with Crippen molar-refractivity contribution in [3.05, 3.63) is 40.1 Å². The fraction of sp³-hybridized carbons (Fsp3) is 0.312. The molecule has 1 heterocycles. The lowest BCUT2D eigenvalue weighted by Crippen LogP contribution is -2.25. The predicted molar refractivity (Wildman–Crippen MR) is 108 cm³/mol. The summed E-state index contributed by atoms with van der Waals surface area (Å²) >= 11 is 0. The Hall–Kier alpha value is -2.94. The molecule has 31 heavy (non-hydrogen) atoms. The zero-order valence-electron chi connectivity index (χ0n) is 15.5. The molecule has 4 N–H and O–H groups in total. The molecule has 2 rings (SSSR count). The Morgan fingerprint density at radius 1 is 1.16 bits per heavy atom. The van der Waals surface area contributed by atoms with Gasteiger partial charge in [-0.3, -0.25) is 19.7 Å². The smallest absolute Gasteiger partial charge is 0.481 e. The van der Waals surface area contributed by atoms with Crippen molar-refractivity contribution in [3.8, 4) is 0 Å². The molecule has 170 valence electrons. The number of nitrogens with one attached hydrogen (secondary N) is 2. The van der Waals surface area contributed by atoms with E-state index in [1.165, 1.54) is 27.7 Å². The third kappa shape index (κ3) is 9.17. The summed E-state index contributed by atoms with van der Waals surface area (Å²) < 4.78 is 31.7. The van der Waals surface area contributed by atoms with E-state index in [2.05, 4.69) is 10.3 Å². The van der Waals surface area contributed by atoms with Crippen molar-refractivity contribution < 1.29 is 42.7 Å². The van der Waals surface area contributed by atoms with Crippen LogP contribution in [0.15, 0.2) is 24.3 Å². The molecule has 0 spiro atoms. The molecule has 0 aliphatic carbocycles. The Kier molecular flexibility index (Phi) is 10.1. The highest BCUT2D eigenvalue weighted by Gasteiger charge is 2.38. The molecule has 15 heteroatoms. The summed E-state index contributed by atoms with van der Waals surface area (Å²) in [5.74, 6) is -2.77. The molecule has 1 aromatic heterocycles. The first kappa shape index (κ1) is 26.1. The van der Waals surface area contributed by atoms with Gasteiger partial charge >= 0.3 is 18.1 Å². The number of nitro benzene ring substituents is 1. The number of aromatic nitrogens is 1.